The molecule has 0 amide bonds. The van der Waals surface area contributed by atoms with Gasteiger partial charge in [-0.15, -0.1) is 0 Å². The predicted octanol–water partition coefficient (Wildman–Crippen LogP) is 1.99. The molecule has 1 N–H and O–H groups in total. The van der Waals surface area contributed by atoms with Gasteiger partial charge in [0.1, 0.15) is 0 Å². The Labute approximate surface area is 62.8 Å². The molecule has 0 aliphatic rings. The molecule has 1 aromatic rings. The summed E-state index contributed by atoms with van der Waals surface area (Å²) in [6.45, 7) is 1.84. The molecule has 0 saturated carbocycles. The van der Waals surface area contributed by atoms with Gasteiger partial charge in [0, 0.05) is 5.45 Å². The van der Waals surface area contributed by atoms with Crippen molar-refractivity contribution in [3.63, 3.8) is 0 Å². The van der Waals surface area contributed by atoms with Crippen LogP contribution in [0.25, 0.3) is 0 Å². The average molecular weight is 151 g/mol. The summed E-state index contributed by atoms with van der Waals surface area (Å²) in [5, 5.41) is 8.49. The van der Waals surface area contributed by atoms with Crippen LogP contribution in [-0.2, 0) is 0 Å². The molecule has 0 radical (unpaired) electrons. The molecule has 10 heavy (non-hydrogen) atoms. The van der Waals surface area contributed by atoms with Crippen LogP contribution in [0, 0.1) is 5.41 Å². The normalized spacial score (nSPS) is 10.5. The van der Waals surface area contributed by atoms with E-state index in [1.54, 1.807) is 0 Å². The minimum Gasteiger partial charge on any atom is -0.305 e. The van der Waals surface area contributed by atoms with Gasteiger partial charge in [-0.25, -0.2) is 0 Å². The molecule has 2 heteroatoms. The first-order valence-corrected chi connectivity index (χ1v) is 4.16. The van der Waals surface area contributed by atoms with Gasteiger partial charge in [-0.3, -0.25) is 0 Å². The Morgan fingerprint density at radius 3 is 2.40 bits per heavy atom. The minimum atomic E-state index is 0.544. The lowest BCUT2D eigenvalue weighted by molar-refractivity contribution is 1.53. The number of hydrogen-bond acceptors (Lipinski definition) is 1. The van der Waals surface area contributed by atoms with Gasteiger partial charge in [0.25, 0.3) is 0 Å². The lowest BCUT2D eigenvalue weighted by atomic mass is 10.4. The third-order valence-corrected chi connectivity index (χ3v) is 2.10. The molecule has 0 aromatic heterocycles. The summed E-state index contributed by atoms with van der Waals surface area (Å²) in [6, 6.07) is 10.1. The number of hydrogen-bond donors (Lipinski definition) is 1. The van der Waals surface area contributed by atoms with Crippen molar-refractivity contribution in [2.24, 2.45) is 0 Å². The molecule has 0 aliphatic heterocycles. The van der Waals surface area contributed by atoms with E-state index in [0.717, 1.165) is 5.45 Å². The summed E-state index contributed by atoms with van der Waals surface area (Å²) < 4.78 is 0. The molecule has 0 bridgehead atoms. The van der Waals surface area contributed by atoms with Gasteiger partial charge in [-0.2, -0.15) is 0 Å². The zero-order chi connectivity index (χ0) is 7.40. The lowest BCUT2D eigenvalue weighted by Crippen LogP contribution is -1.94. The monoisotopic (exact) mass is 151 g/mol. The van der Waals surface area contributed by atoms with E-state index in [2.05, 4.69) is 12.1 Å². The zero-order valence-corrected chi connectivity index (χ0v) is 6.89. The molecular formula is C8H10NP. The summed E-state index contributed by atoms with van der Waals surface area (Å²) in [7, 11) is 0.544. The maximum atomic E-state index is 7.24. The van der Waals surface area contributed by atoms with E-state index in [9.17, 15) is 0 Å². The zero-order valence-electron chi connectivity index (χ0n) is 5.89. The molecule has 0 heterocycles. The van der Waals surface area contributed by atoms with Gasteiger partial charge in [0.05, 0.1) is 0 Å². The predicted molar refractivity (Wildman–Crippen MR) is 47.8 cm³/mol. The van der Waals surface area contributed by atoms with Crippen molar-refractivity contribution in [1.29, 1.82) is 5.41 Å². The molecule has 0 fully saturated rings. The Morgan fingerprint density at radius 1 is 1.30 bits per heavy atom. The Balaban J connectivity index is 2.67. The topological polar surface area (TPSA) is 23.9 Å². The molecule has 1 nitrogen and oxygen atoms in total. The molecule has 1 unspecified atom stereocenters. The van der Waals surface area contributed by atoms with Crippen molar-refractivity contribution in [2.45, 2.75) is 6.92 Å². The average Bonchev–Trinajstić information content (AvgIpc) is 1.88. The van der Waals surface area contributed by atoms with Crippen LogP contribution in [0.2, 0.25) is 0 Å². The second kappa shape index (κ2) is 3.48. The number of rotatable bonds is 2. The third-order valence-electron chi connectivity index (χ3n) is 1.11. The molecule has 0 saturated heterocycles. The summed E-state index contributed by atoms with van der Waals surface area (Å²) >= 11 is 0. The second-order valence-corrected chi connectivity index (χ2v) is 3.69. The van der Waals surface area contributed by atoms with Gasteiger partial charge in [-0.05, 0) is 20.8 Å². The molecule has 52 valence electrons. The summed E-state index contributed by atoms with van der Waals surface area (Å²) in [5.74, 6) is 0. The minimum absolute atomic E-state index is 0.544. The summed E-state index contributed by atoms with van der Waals surface area (Å²) in [5.41, 5.74) is 0.742. The Bertz CT molecular complexity index is 218. The second-order valence-electron chi connectivity index (χ2n) is 2.12. The molecule has 0 aliphatic carbocycles. The highest BCUT2D eigenvalue weighted by Crippen LogP contribution is 2.09. The largest absolute Gasteiger partial charge is 0.305 e. The lowest BCUT2D eigenvalue weighted by Gasteiger charge is -1.96. The molecule has 1 atom stereocenters. The van der Waals surface area contributed by atoms with Crippen molar-refractivity contribution >= 4 is 19.3 Å². The maximum absolute atomic E-state index is 7.24. The van der Waals surface area contributed by atoms with Crippen LogP contribution in [-0.4, -0.2) is 5.45 Å². The summed E-state index contributed by atoms with van der Waals surface area (Å²) in [6.07, 6.45) is 0. The molecular weight excluding hydrogens is 141 g/mol. The highest BCUT2D eigenvalue weighted by molar-refractivity contribution is 7.65. The van der Waals surface area contributed by atoms with Crippen LogP contribution in [0.4, 0.5) is 0 Å². The van der Waals surface area contributed by atoms with E-state index in [1.165, 1.54) is 5.30 Å². The fourth-order valence-corrected chi connectivity index (χ4v) is 1.53. The third kappa shape index (κ3) is 2.28. The van der Waals surface area contributed by atoms with Crippen molar-refractivity contribution in [1.82, 2.24) is 0 Å². The quantitative estimate of drug-likeness (QED) is 0.493. The standard InChI is InChI=1S/C8H10NP/c1-7(9)10-8-5-3-2-4-6-8/h2-6,9-10H,1H3. The fraction of sp³-hybridized carbons (Fsp3) is 0.125. The van der Waals surface area contributed by atoms with Crippen LogP contribution in [0.5, 0.6) is 0 Å². The van der Waals surface area contributed by atoms with Crippen LogP contribution in [0.1, 0.15) is 6.92 Å². The Hall–Kier alpha value is -0.680. The van der Waals surface area contributed by atoms with Gasteiger partial charge >= 0.3 is 0 Å². The van der Waals surface area contributed by atoms with E-state index in [4.69, 9.17) is 5.41 Å². The molecule has 1 aromatic carbocycles. The van der Waals surface area contributed by atoms with Crippen molar-refractivity contribution < 1.29 is 0 Å². The number of nitrogens with one attached hydrogen (secondary N) is 1. The molecule has 1 rings (SSSR count). The van der Waals surface area contributed by atoms with E-state index in [-0.39, 0.29) is 0 Å². The maximum Gasteiger partial charge on any atom is 0.0302 e. The van der Waals surface area contributed by atoms with E-state index in [1.807, 2.05) is 25.1 Å². The Kier molecular flexibility index (Phi) is 2.58. The van der Waals surface area contributed by atoms with E-state index < -0.39 is 0 Å². The van der Waals surface area contributed by atoms with Crippen molar-refractivity contribution in [3.05, 3.63) is 30.3 Å². The molecule has 0 spiro atoms. The van der Waals surface area contributed by atoms with Crippen LogP contribution < -0.4 is 5.30 Å². The first kappa shape index (κ1) is 7.43. The highest BCUT2D eigenvalue weighted by Gasteiger charge is 1.89. The Morgan fingerprint density at radius 2 is 1.90 bits per heavy atom. The van der Waals surface area contributed by atoms with Crippen LogP contribution in [0.15, 0.2) is 30.3 Å². The van der Waals surface area contributed by atoms with E-state index >= 15 is 0 Å². The summed E-state index contributed by atoms with van der Waals surface area (Å²) in [4.78, 5) is 0. The first-order chi connectivity index (χ1) is 4.79. The smallest absolute Gasteiger partial charge is 0.0302 e. The van der Waals surface area contributed by atoms with Crippen LogP contribution >= 0.6 is 8.58 Å². The van der Waals surface area contributed by atoms with Gasteiger partial charge in [0.2, 0.25) is 0 Å². The van der Waals surface area contributed by atoms with Gasteiger partial charge < -0.3 is 5.41 Å². The SMILES string of the molecule is CC(=N)Pc1ccccc1. The van der Waals surface area contributed by atoms with Crippen molar-refractivity contribution in [2.75, 3.05) is 0 Å². The number of benzene rings is 1. The fourth-order valence-electron chi connectivity index (χ4n) is 0.738. The highest BCUT2D eigenvalue weighted by atomic mass is 31.1. The van der Waals surface area contributed by atoms with E-state index in [0.29, 0.717) is 8.58 Å². The van der Waals surface area contributed by atoms with Gasteiger partial charge in [0.15, 0.2) is 0 Å². The van der Waals surface area contributed by atoms with Gasteiger partial charge in [-0.1, -0.05) is 30.3 Å². The van der Waals surface area contributed by atoms with Crippen molar-refractivity contribution in [3.8, 4) is 0 Å². The first-order valence-electron chi connectivity index (χ1n) is 3.16. The van der Waals surface area contributed by atoms with Crippen LogP contribution in [0.3, 0.4) is 0 Å².